The zero-order valence-corrected chi connectivity index (χ0v) is 12.5. The molecule has 2 N–H and O–H groups in total. The van der Waals surface area contributed by atoms with E-state index in [0.717, 1.165) is 5.56 Å². The van der Waals surface area contributed by atoms with Crippen LogP contribution in [0, 0.1) is 0 Å². The lowest BCUT2D eigenvalue weighted by atomic mass is 9.99. The Kier molecular flexibility index (Phi) is 4.33. The number of fused-ring (bicyclic) bond motifs is 1. The fourth-order valence-electron chi connectivity index (χ4n) is 2.59. The van der Waals surface area contributed by atoms with E-state index in [-0.39, 0.29) is 6.54 Å². The van der Waals surface area contributed by atoms with Gasteiger partial charge in [0.15, 0.2) is 0 Å². The van der Waals surface area contributed by atoms with E-state index in [9.17, 15) is 18.0 Å². The second kappa shape index (κ2) is 6.43. The fraction of sp³-hybridized carbons (Fsp3) is 0.235. The van der Waals surface area contributed by atoms with Gasteiger partial charge in [0, 0.05) is 6.54 Å². The van der Waals surface area contributed by atoms with Gasteiger partial charge in [-0.2, -0.15) is 13.2 Å². The van der Waals surface area contributed by atoms with Crippen molar-refractivity contribution in [2.75, 3.05) is 11.9 Å². The van der Waals surface area contributed by atoms with Crippen LogP contribution in [-0.4, -0.2) is 24.7 Å². The minimum absolute atomic E-state index is 0.216. The van der Waals surface area contributed by atoms with Crippen molar-refractivity contribution < 1.29 is 22.7 Å². The summed E-state index contributed by atoms with van der Waals surface area (Å²) in [5.41, 5.74) is 1.49. The molecule has 4 nitrogen and oxygen atoms in total. The van der Waals surface area contributed by atoms with Gasteiger partial charge in [0.25, 0.3) is 0 Å². The minimum Gasteiger partial charge on any atom is -0.481 e. The normalized spacial score (nSPS) is 19.6. The average Bonchev–Trinajstić information content (AvgIpc) is 2.58. The van der Waals surface area contributed by atoms with Crippen LogP contribution >= 0.6 is 0 Å². The Morgan fingerprint density at radius 3 is 2.46 bits per heavy atom. The molecule has 0 aliphatic carbocycles. The van der Waals surface area contributed by atoms with E-state index >= 15 is 0 Å². The van der Waals surface area contributed by atoms with Gasteiger partial charge in [0.05, 0.1) is 11.7 Å². The van der Waals surface area contributed by atoms with Crippen LogP contribution in [0.2, 0.25) is 0 Å². The Morgan fingerprint density at radius 1 is 1.08 bits per heavy atom. The van der Waals surface area contributed by atoms with E-state index in [1.54, 1.807) is 18.2 Å². The average molecular weight is 336 g/mol. The Balaban J connectivity index is 1.82. The summed E-state index contributed by atoms with van der Waals surface area (Å²) in [6, 6.07) is 15.8. The largest absolute Gasteiger partial charge is 0.481 e. The van der Waals surface area contributed by atoms with Crippen molar-refractivity contribution in [2.24, 2.45) is 0 Å². The smallest absolute Gasteiger partial charge is 0.471 e. The molecular formula is C17H15F3N2O2. The molecule has 24 heavy (non-hydrogen) atoms. The van der Waals surface area contributed by atoms with Gasteiger partial charge in [0.1, 0.15) is 11.9 Å². The number of para-hydroxylation sites is 2. The first-order chi connectivity index (χ1) is 11.4. The van der Waals surface area contributed by atoms with Crippen LogP contribution in [0.3, 0.4) is 0 Å². The molecule has 0 aromatic heterocycles. The van der Waals surface area contributed by atoms with Crippen LogP contribution in [0.1, 0.15) is 11.7 Å². The highest BCUT2D eigenvalue weighted by atomic mass is 19.4. The number of ether oxygens (including phenoxy) is 1. The Hall–Kier alpha value is -2.70. The molecule has 7 heteroatoms. The predicted octanol–water partition coefficient (Wildman–Crippen LogP) is 3.28. The van der Waals surface area contributed by atoms with Gasteiger partial charge in [-0.1, -0.05) is 42.5 Å². The summed E-state index contributed by atoms with van der Waals surface area (Å²) in [5, 5.41) is 5.06. The number of alkyl halides is 3. The highest BCUT2D eigenvalue weighted by Crippen LogP contribution is 2.37. The SMILES string of the molecule is O=C(NC[C@H]1Nc2ccccc2O[C@H]1c1ccccc1)C(F)(F)F. The number of carbonyl (C=O) groups is 1. The van der Waals surface area contributed by atoms with Gasteiger partial charge in [-0.05, 0) is 17.7 Å². The van der Waals surface area contributed by atoms with Gasteiger partial charge in [-0.3, -0.25) is 4.79 Å². The first kappa shape index (κ1) is 16.2. The number of benzene rings is 2. The predicted molar refractivity (Wildman–Crippen MR) is 82.7 cm³/mol. The highest BCUT2D eigenvalue weighted by Gasteiger charge is 2.40. The molecule has 1 aliphatic heterocycles. The third-order valence-corrected chi connectivity index (χ3v) is 3.72. The number of carbonyl (C=O) groups excluding carboxylic acids is 1. The summed E-state index contributed by atoms with van der Waals surface area (Å²) in [6.07, 6.45) is -5.43. The van der Waals surface area contributed by atoms with Crippen LogP contribution in [0.25, 0.3) is 0 Å². The molecule has 3 rings (SSSR count). The molecule has 0 radical (unpaired) electrons. The fourth-order valence-corrected chi connectivity index (χ4v) is 2.59. The highest BCUT2D eigenvalue weighted by molar-refractivity contribution is 5.81. The van der Waals surface area contributed by atoms with Crippen LogP contribution < -0.4 is 15.4 Å². The van der Waals surface area contributed by atoms with Crippen molar-refractivity contribution in [1.82, 2.24) is 5.32 Å². The lowest BCUT2D eigenvalue weighted by Crippen LogP contribution is -2.47. The maximum Gasteiger partial charge on any atom is 0.471 e. The summed E-state index contributed by atoms with van der Waals surface area (Å²) >= 11 is 0. The Bertz CT molecular complexity index is 719. The first-order valence-electron chi connectivity index (χ1n) is 7.37. The van der Waals surface area contributed by atoms with Crippen molar-refractivity contribution in [3.8, 4) is 5.75 Å². The number of nitrogens with one attached hydrogen (secondary N) is 2. The molecule has 1 aliphatic rings. The maximum atomic E-state index is 12.4. The van der Waals surface area contributed by atoms with E-state index < -0.39 is 24.2 Å². The Morgan fingerprint density at radius 2 is 1.75 bits per heavy atom. The number of rotatable bonds is 3. The number of anilines is 1. The number of hydrogen-bond acceptors (Lipinski definition) is 3. The lowest BCUT2D eigenvalue weighted by Gasteiger charge is -2.35. The van der Waals surface area contributed by atoms with Crippen molar-refractivity contribution in [3.63, 3.8) is 0 Å². The summed E-state index contributed by atoms with van der Waals surface area (Å²) in [7, 11) is 0. The summed E-state index contributed by atoms with van der Waals surface area (Å²) in [6.45, 7) is -0.216. The third kappa shape index (κ3) is 3.45. The maximum absolute atomic E-state index is 12.4. The zero-order chi connectivity index (χ0) is 17.2. The van der Waals surface area contributed by atoms with Crippen LogP contribution in [0.15, 0.2) is 54.6 Å². The van der Waals surface area contributed by atoms with Gasteiger partial charge in [-0.15, -0.1) is 0 Å². The molecule has 1 amide bonds. The molecule has 2 aromatic carbocycles. The van der Waals surface area contributed by atoms with Gasteiger partial charge in [-0.25, -0.2) is 0 Å². The van der Waals surface area contributed by atoms with Crippen LogP contribution in [-0.2, 0) is 4.79 Å². The number of amides is 1. The molecule has 0 saturated carbocycles. The van der Waals surface area contributed by atoms with Gasteiger partial charge in [0.2, 0.25) is 0 Å². The van der Waals surface area contributed by atoms with Crippen LogP contribution in [0.4, 0.5) is 18.9 Å². The molecule has 2 atom stereocenters. The van der Waals surface area contributed by atoms with Crippen LogP contribution in [0.5, 0.6) is 5.75 Å². The van der Waals surface area contributed by atoms with E-state index in [1.165, 1.54) is 0 Å². The van der Waals surface area contributed by atoms with E-state index in [0.29, 0.717) is 11.4 Å². The zero-order valence-electron chi connectivity index (χ0n) is 12.5. The summed E-state index contributed by atoms with van der Waals surface area (Å²) < 4.78 is 43.1. The molecule has 2 aromatic rings. The topological polar surface area (TPSA) is 50.4 Å². The lowest BCUT2D eigenvalue weighted by molar-refractivity contribution is -0.173. The van der Waals surface area contributed by atoms with Gasteiger partial charge >= 0.3 is 12.1 Å². The van der Waals surface area contributed by atoms with Crippen molar-refractivity contribution in [2.45, 2.75) is 18.3 Å². The van der Waals surface area contributed by atoms with E-state index in [2.05, 4.69) is 5.32 Å². The minimum atomic E-state index is -4.91. The molecule has 0 spiro atoms. The second-order valence-corrected chi connectivity index (χ2v) is 5.40. The van der Waals surface area contributed by atoms with Crippen molar-refractivity contribution >= 4 is 11.6 Å². The molecule has 0 unspecified atom stereocenters. The second-order valence-electron chi connectivity index (χ2n) is 5.40. The van der Waals surface area contributed by atoms with Crippen molar-refractivity contribution in [3.05, 3.63) is 60.2 Å². The van der Waals surface area contributed by atoms with E-state index in [4.69, 9.17) is 4.74 Å². The quantitative estimate of drug-likeness (QED) is 0.904. The standard InChI is InChI=1S/C17H15F3N2O2/c18-17(19,20)16(23)21-10-13-15(11-6-2-1-3-7-11)24-14-9-5-4-8-12(14)22-13/h1-9,13,15,22H,10H2,(H,21,23)/t13-,15+/m1/s1. The monoisotopic (exact) mass is 336 g/mol. The molecule has 1 heterocycles. The molecule has 126 valence electrons. The van der Waals surface area contributed by atoms with E-state index in [1.807, 2.05) is 41.7 Å². The molecule has 0 saturated heterocycles. The summed E-state index contributed by atoms with van der Waals surface area (Å²) in [5.74, 6) is -1.35. The third-order valence-electron chi connectivity index (χ3n) is 3.72. The first-order valence-corrected chi connectivity index (χ1v) is 7.37. The number of halogens is 3. The Labute approximate surface area is 136 Å². The number of hydrogen-bond donors (Lipinski definition) is 2. The van der Waals surface area contributed by atoms with Crippen molar-refractivity contribution in [1.29, 1.82) is 0 Å². The molecular weight excluding hydrogens is 321 g/mol. The molecule has 0 bridgehead atoms. The molecule has 0 fully saturated rings. The summed E-state index contributed by atoms with van der Waals surface area (Å²) in [4.78, 5) is 11.1. The van der Waals surface area contributed by atoms with Gasteiger partial charge < -0.3 is 15.4 Å².